The average Bonchev–Trinajstić information content (AvgIpc) is 3.18. The SMILES string of the molecule is ICCCOc1ccc(O[C@H]2O[C@H](COCc3ccccc3)[C@@H](OCc3ccccc3)[C@H](OCc3ccccc3)[C@H]2OCc2ccccc2)cc1. The van der Waals surface area contributed by atoms with Gasteiger partial charge in [0.15, 0.2) is 0 Å². The van der Waals surface area contributed by atoms with Crippen LogP contribution in [-0.4, -0.2) is 48.3 Å². The third-order valence-electron chi connectivity index (χ3n) is 8.46. The molecular weight excluding hydrogens is 755 g/mol. The molecule has 5 atom stereocenters. The number of ether oxygens (including phenoxy) is 7. The van der Waals surface area contributed by atoms with Gasteiger partial charge in [-0.15, -0.1) is 0 Å². The Bertz CT molecular complexity index is 1660. The van der Waals surface area contributed by atoms with Crippen LogP contribution in [0.15, 0.2) is 146 Å². The molecule has 266 valence electrons. The number of benzene rings is 5. The van der Waals surface area contributed by atoms with E-state index in [0.717, 1.165) is 38.9 Å². The molecule has 0 amide bonds. The van der Waals surface area contributed by atoms with Gasteiger partial charge < -0.3 is 33.2 Å². The molecule has 8 heteroatoms. The lowest BCUT2D eigenvalue weighted by atomic mass is 9.97. The lowest BCUT2D eigenvalue weighted by Crippen LogP contribution is -2.62. The van der Waals surface area contributed by atoms with Gasteiger partial charge in [0.2, 0.25) is 6.29 Å². The van der Waals surface area contributed by atoms with Crippen LogP contribution in [0.25, 0.3) is 0 Å². The van der Waals surface area contributed by atoms with Crippen molar-refractivity contribution in [2.24, 2.45) is 0 Å². The van der Waals surface area contributed by atoms with Crippen molar-refractivity contribution in [2.45, 2.75) is 63.6 Å². The maximum Gasteiger partial charge on any atom is 0.229 e. The summed E-state index contributed by atoms with van der Waals surface area (Å²) in [6, 6.07) is 48.1. The van der Waals surface area contributed by atoms with E-state index in [2.05, 4.69) is 46.9 Å². The maximum atomic E-state index is 6.82. The van der Waals surface area contributed by atoms with Gasteiger partial charge in [0.25, 0.3) is 0 Å². The van der Waals surface area contributed by atoms with E-state index in [4.69, 9.17) is 33.2 Å². The largest absolute Gasteiger partial charge is 0.494 e. The third-order valence-corrected chi connectivity index (χ3v) is 9.23. The average molecular weight is 801 g/mol. The minimum Gasteiger partial charge on any atom is -0.494 e. The molecule has 1 aliphatic heterocycles. The summed E-state index contributed by atoms with van der Waals surface area (Å²) in [5.74, 6) is 1.42. The Morgan fingerprint density at radius 1 is 0.490 bits per heavy atom. The van der Waals surface area contributed by atoms with Crippen LogP contribution in [0.4, 0.5) is 0 Å². The van der Waals surface area contributed by atoms with Gasteiger partial charge in [0.1, 0.15) is 35.9 Å². The lowest BCUT2D eigenvalue weighted by Gasteiger charge is -2.45. The fraction of sp³-hybridized carbons (Fsp3) is 0.302. The number of rotatable bonds is 19. The summed E-state index contributed by atoms with van der Waals surface area (Å²) < 4.78 is 47.0. The Balaban J connectivity index is 1.30. The molecule has 0 radical (unpaired) electrons. The molecular formula is C43H45IO7. The molecule has 1 fully saturated rings. The zero-order chi connectivity index (χ0) is 34.9. The summed E-state index contributed by atoms with van der Waals surface area (Å²) in [4.78, 5) is 0. The first-order chi connectivity index (χ1) is 25.2. The smallest absolute Gasteiger partial charge is 0.229 e. The molecule has 0 unspecified atom stereocenters. The van der Waals surface area contributed by atoms with Gasteiger partial charge in [-0.2, -0.15) is 0 Å². The topological polar surface area (TPSA) is 64.6 Å². The van der Waals surface area contributed by atoms with E-state index >= 15 is 0 Å². The first-order valence-corrected chi connectivity index (χ1v) is 19.0. The van der Waals surface area contributed by atoms with Crippen molar-refractivity contribution in [1.29, 1.82) is 0 Å². The van der Waals surface area contributed by atoms with Crippen molar-refractivity contribution >= 4 is 22.6 Å². The van der Waals surface area contributed by atoms with Gasteiger partial charge in [0.05, 0.1) is 39.6 Å². The highest BCUT2D eigenvalue weighted by Crippen LogP contribution is 2.33. The number of hydrogen-bond acceptors (Lipinski definition) is 7. The monoisotopic (exact) mass is 800 g/mol. The van der Waals surface area contributed by atoms with Crippen LogP contribution in [-0.2, 0) is 50.1 Å². The van der Waals surface area contributed by atoms with E-state index in [1.807, 2.05) is 121 Å². The standard InChI is InChI=1S/C43H45IO7/c44-26-13-27-46-37-22-24-38(25-23-37)50-43-42(49-31-36-20-11-4-12-21-36)41(48-30-35-18-9-3-10-19-35)40(47-29-34-16-7-2-8-17-34)39(51-43)32-45-28-33-14-5-1-6-15-33/h1-12,14-25,39-43H,13,26-32H2/t39-,40-,41+,42-,43+/m1/s1. The first kappa shape index (κ1) is 37.0. The third kappa shape index (κ3) is 11.6. The van der Waals surface area contributed by atoms with Crippen LogP contribution in [0.2, 0.25) is 0 Å². The summed E-state index contributed by atoms with van der Waals surface area (Å²) >= 11 is 2.36. The molecule has 0 aromatic heterocycles. The lowest BCUT2D eigenvalue weighted by molar-refractivity contribution is -0.310. The molecule has 0 saturated carbocycles. The minimum absolute atomic E-state index is 0.258. The van der Waals surface area contributed by atoms with Crippen molar-refractivity contribution in [1.82, 2.24) is 0 Å². The van der Waals surface area contributed by atoms with Gasteiger partial charge in [-0.1, -0.05) is 144 Å². The number of hydrogen-bond donors (Lipinski definition) is 0. The van der Waals surface area contributed by atoms with Crippen LogP contribution < -0.4 is 9.47 Å². The Labute approximate surface area is 314 Å². The second-order valence-electron chi connectivity index (χ2n) is 12.3. The second-order valence-corrected chi connectivity index (χ2v) is 13.4. The zero-order valence-corrected chi connectivity index (χ0v) is 30.8. The van der Waals surface area contributed by atoms with Crippen LogP contribution in [0.1, 0.15) is 28.7 Å². The molecule has 5 aromatic carbocycles. The molecule has 7 nitrogen and oxygen atoms in total. The molecule has 5 aromatic rings. The molecule has 0 N–H and O–H groups in total. The molecule has 1 aliphatic rings. The van der Waals surface area contributed by atoms with Crippen molar-refractivity contribution in [3.8, 4) is 11.5 Å². The molecule has 6 rings (SSSR count). The zero-order valence-electron chi connectivity index (χ0n) is 28.6. The van der Waals surface area contributed by atoms with E-state index < -0.39 is 30.7 Å². The molecule has 1 heterocycles. The minimum atomic E-state index is -0.831. The van der Waals surface area contributed by atoms with Crippen LogP contribution in [0.5, 0.6) is 11.5 Å². The van der Waals surface area contributed by atoms with E-state index in [-0.39, 0.29) is 6.61 Å². The second kappa shape index (κ2) is 20.3. The van der Waals surface area contributed by atoms with Crippen LogP contribution in [0.3, 0.4) is 0 Å². The fourth-order valence-electron chi connectivity index (χ4n) is 5.84. The van der Waals surface area contributed by atoms with E-state index in [0.29, 0.717) is 38.8 Å². The summed E-state index contributed by atoms with van der Waals surface area (Å²) in [6.07, 6.45) is -2.14. The summed E-state index contributed by atoms with van der Waals surface area (Å²) in [5.41, 5.74) is 4.19. The van der Waals surface area contributed by atoms with Crippen molar-refractivity contribution in [2.75, 3.05) is 17.6 Å². The quantitative estimate of drug-likeness (QED) is 0.0470. The van der Waals surface area contributed by atoms with Gasteiger partial charge in [-0.3, -0.25) is 0 Å². The van der Waals surface area contributed by atoms with E-state index in [1.165, 1.54) is 0 Å². The number of alkyl halides is 1. The predicted molar refractivity (Wildman–Crippen MR) is 206 cm³/mol. The molecule has 0 aliphatic carbocycles. The van der Waals surface area contributed by atoms with Crippen LogP contribution >= 0.6 is 22.6 Å². The van der Waals surface area contributed by atoms with Gasteiger partial charge >= 0.3 is 0 Å². The first-order valence-electron chi connectivity index (χ1n) is 17.4. The van der Waals surface area contributed by atoms with Gasteiger partial charge in [0, 0.05) is 4.43 Å². The van der Waals surface area contributed by atoms with E-state index in [9.17, 15) is 0 Å². The summed E-state index contributed by atoms with van der Waals surface area (Å²) in [5, 5.41) is 0. The maximum absolute atomic E-state index is 6.82. The highest BCUT2D eigenvalue weighted by molar-refractivity contribution is 14.1. The van der Waals surface area contributed by atoms with Gasteiger partial charge in [-0.05, 0) is 52.9 Å². The van der Waals surface area contributed by atoms with Crippen molar-refractivity contribution in [3.05, 3.63) is 168 Å². The van der Waals surface area contributed by atoms with Crippen LogP contribution in [0, 0.1) is 0 Å². The summed E-state index contributed by atoms with van der Waals surface area (Å²) in [7, 11) is 0. The molecule has 1 saturated heterocycles. The highest BCUT2D eigenvalue weighted by atomic mass is 127. The van der Waals surface area contributed by atoms with Crippen molar-refractivity contribution in [3.63, 3.8) is 0 Å². The Kier molecular flexibility index (Phi) is 14.7. The number of halogens is 1. The molecule has 0 bridgehead atoms. The fourth-order valence-corrected chi connectivity index (χ4v) is 6.15. The van der Waals surface area contributed by atoms with Crippen molar-refractivity contribution < 1.29 is 33.2 Å². The van der Waals surface area contributed by atoms with E-state index in [1.54, 1.807) is 0 Å². The summed E-state index contributed by atoms with van der Waals surface area (Å²) in [6.45, 7) is 2.42. The Morgan fingerprint density at radius 3 is 1.45 bits per heavy atom. The normalized spacial score (nSPS) is 20.1. The predicted octanol–water partition coefficient (Wildman–Crippen LogP) is 8.97. The molecule has 0 spiro atoms. The highest BCUT2D eigenvalue weighted by Gasteiger charge is 2.49. The van der Waals surface area contributed by atoms with Gasteiger partial charge in [-0.25, -0.2) is 0 Å². The molecule has 51 heavy (non-hydrogen) atoms. The Morgan fingerprint density at radius 2 is 0.941 bits per heavy atom. The Hall–Kier alpha value is -3.77.